The number of amides is 4. The molecule has 2 aromatic rings. The predicted octanol–water partition coefficient (Wildman–Crippen LogP) is 2.29. The number of carbonyl (C=O) groups is 3. The number of hydrazine groups is 1. The van der Waals surface area contributed by atoms with Crippen LogP contribution in [0.15, 0.2) is 59.5 Å². The van der Waals surface area contributed by atoms with Gasteiger partial charge in [0.05, 0.1) is 4.90 Å². The molecule has 2 N–H and O–H groups in total. The molecule has 2 aliphatic rings. The van der Waals surface area contributed by atoms with Gasteiger partial charge >= 0.3 is 6.03 Å². The molecule has 0 bridgehead atoms. The number of carbonyl (C=O) groups excluding carboxylic acids is 3. The summed E-state index contributed by atoms with van der Waals surface area (Å²) in [6, 6.07) is 14.6. The molecule has 0 spiro atoms. The van der Waals surface area contributed by atoms with Gasteiger partial charge in [0, 0.05) is 19.5 Å². The zero-order chi connectivity index (χ0) is 24.3. The summed E-state index contributed by atoms with van der Waals surface area (Å²) in [5.41, 5.74) is 2.51. The van der Waals surface area contributed by atoms with E-state index in [1.807, 2.05) is 6.07 Å². The Balaban J connectivity index is 1.34. The molecule has 9 nitrogen and oxygen atoms in total. The number of nitrogens with one attached hydrogen (secondary N) is 2. The number of imide groups is 1. The van der Waals surface area contributed by atoms with Crippen molar-refractivity contribution in [1.29, 1.82) is 0 Å². The van der Waals surface area contributed by atoms with Gasteiger partial charge in [-0.25, -0.2) is 13.2 Å². The number of aryl methyl sites for hydroxylation is 1. The molecule has 180 valence electrons. The molecular formula is C24H28N4O5S. The molecule has 10 heteroatoms. The molecular weight excluding hydrogens is 456 g/mol. The molecule has 4 amide bonds. The molecule has 2 aliphatic heterocycles. The lowest BCUT2D eigenvalue weighted by Crippen LogP contribution is -2.48. The van der Waals surface area contributed by atoms with Crippen LogP contribution in [-0.4, -0.2) is 48.7 Å². The minimum absolute atomic E-state index is 0.0251. The van der Waals surface area contributed by atoms with Gasteiger partial charge in [-0.2, -0.15) is 9.31 Å². The Hall–Kier alpha value is -3.24. The van der Waals surface area contributed by atoms with Crippen LogP contribution < -0.4 is 10.7 Å². The normalized spacial score (nSPS) is 21.4. The van der Waals surface area contributed by atoms with Crippen molar-refractivity contribution in [2.75, 3.05) is 13.1 Å². The highest BCUT2D eigenvalue weighted by atomic mass is 32.2. The van der Waals surface area contributed by atoms with E-state index in [2.05, 4.69) is 10.7 Å². The molecule has 0 aromatic heterocycles. The lowest BCUT2D eigenvalue weighted by molar-refractivity contribution is -0.138. The molecule has 2 aromatic carbocycles. The van der Waals surface area contributed by atoms with Gasteiger partial charge in [-0.1, -0.05) is 48.9 Å². The van der Waals surface area contributed by atoms with Crippen LogP contribution in [0, 0.1) is 0 Å². The van der Waals surface area contributed by atoms with E-state index in [-0.39, 0.29) is 11.3 Å². The highest BCUT2D eigenvalue weighted by Gasteiger charge is 2.49. The van der Waals surface area contributed by atoms with E-state index < -0.39 is 33.4 Å². The van der Waals surface area contributed by atoms with Crippen LogP contribution in [0.25, 0.3) is 0 Å². The first-order valence-electron chi connectivity index (χ1n) is 11.3. The van der Waals surface area contributed by atoms with Crippen molar-refractivity contribution in [1.82, 2.24) is 20.1 Å². The van der Waals surface area contributed by atoms with Gasteiger partial charge in [-0.15, -0.1) is 0 Å². The van der Waals surface area contributed by atoms with Crippen molar-refractivity contribution >= 4 is 27.9 Å². The van der Waals surface area contributed by atoms with E-state index in [0.29, 0.717) is 30.1 Å². The second-order valence-electron chi connectivity index (χ2n) is 8.71. The molecule has 2 fully saturated rings. The first-order valence-corrected chi connectivity index (χ1v) is 12.8. The summed E-state index contributed by atoms with van der Waals surface area (Å²) >= 11 is 0. The average Bonchev–Trinajstić information content (AvgIpc) is 3.08. The smallest absolute Gasteiger partial charge is 0.318 e. The third-order valence-electron chi connectivity index (χ3n) is 6.30. The van der Waals surface area contributed by atoms with Gasteiger partial charge in [0.15, 0.2) is 0 Å². The van der Waals surface area contributed by atoms with E-state index in [1.54, 1.807) is 55.5 Å². The molecule has 1 atom stereocenters. The zero-order valence-corrected chi connectivity index (χ0v) is 19.8. The highest BCUT2D eigenvalue weighted by molar-refractivity contribution is 7.89. The number of rotatable bonds is 7. The van der Waals surface area contributed by atoms with Crippen LogP contribution in [-0.2, 0) is 31.6 Å². The molecule has 0 aliphatic carbocycles. The summed E-state index contributed by atoms with van der Waals surface area (Å²) in [6.07, 6.45) is 3.14. The fourth-order valence-electron chi connectivity index (χ4n) is 4.23. The van der Waals surface area contributed by atoms with Gasteiger partial charge in [-0.3, -0.25) is 15.0 Å². The van der Waals surface area contributed by atoms with Gasteiger partial charge < -0.3 is 5.32 Å². The van der Waals surface area contributed by atoms with Crippen molar-refractivity contribution in [3.05, 3.63) is 65.7 Å². The number of benzene rings is 2. The first kappa shape index (κ1) is 23.9. The Morgan fingerprint density at radius 1 is 1.00 bits per heavy atom. The number of hydrogen-bond donors (Lipinski definition) is 2. The number of nitrogens with zero attached hydrogens (tertiary/aromatic N) is 2. The molecule has 0 radical (unpaired) electrons. The quantitative estimate of drug-likeness (QED) is 0.585. The largest absolute Gasteiger partial charge is 0.344 e. The van der Waals surface area contributed by atoms with E-state index >= 15 is 0 Å². The lowest BCUT2D eigenvalue weighted by atomic mass is 9.92. The van der Waals surface area contributed by atoms with Crippen LogP contribution in [0.2, 0.25) is 0 Å². The van der Waals surface area contributed by atoms with Gasteiger partial charge in [0.25, 0.3) is 5.91 Å². The van der Waals surface area contributed by atoms with Gasteiger partial charge in [0.1, 0.15) is 5.54 Å². The topological polar surface area (TPSA) is 116 Å². The second-order valence-corrected chi connectivity index (χ2v) is 10.6. The van der Waals surface area contributed by atoms with Crippen LogP contribution in [0.4, 0.5) is 4.79 Å². The molecule has 34 heavy (non-hydrogen) atoms. The first-order chi connectivity index (χ1) is 16.2. The summed E-state index contributed by atoms with van der Waals surface area (Å²) in [5, 5.41) is 3.35. The van der Waals surface area contributed by atoms with Crippen molar-refractivity contribution in [3.63, 3.8) is 0 Å². The van der Waals surface area contributed by atoms with Crippen LogP contribution in [0.1, 0.15) is 43.7 Å². The summed E-state index contributed by atoms with van der Waals surface area (Å²) in [5.74, 6) is -1.06. The van der Waals surface area contributed by atoms with Crippen LogP contribution in [0.5, 0.6) is 0 Å². The number of hydrogen-bond acceptors (Lipinski definition) is 5. The molecule has 0 saturated carbocycles. The van der Waals surface area contributed by atoms with Crippen molar-refractivity contribution in [2.24, 2.45) is 0 Å². The fourth-order valence-corrected chi connectivity index (χ4v) is 5.75. The maximum Gasteiger partial charge on any atom is 0.344 e. The van der Waals surface area contributed by atoms with E-state index in [0.717, 1.165) is 24.8 Å². The van der Waals surface area contributed by atoms with Crippen LogP contribution >= 0.6 is 0 Å². The minimum atomic E-state index is -3.51. The summed E-state index contributed by atoms with van der Waals surface area (Å²) in [6.45, 7) is 2.67. The Labute approximate surface area is 199 Å². The Bertz CT molecular complexity index is 1180. The molecule has 0 unspecified atom stereocenters. The fraction of sp³-hybridized carbons (Fsp3) is 0.375. The van der Waals surface area contributed by atoms with Crippen molar-refractivity contribution in [3.8, 4) is 0 Å². The van der Waals surface area contributed by atoms with E-state index in [9.17, 15) is 22.8 Å². The number of sulfonamides is 1. The SMILES string of the molecule is C[C@]1(c2ccccc2)NC(=O)N(NC(=O)CCc2ccc(S(=O)(=O)N3CCCCC3)cc2)C1=O. The number of urea groups is 1. The monoisotopic (exact) mass is 484 g/mol. The summed E-state index contributed by atoms with van der Waals surface area (Å²) < 4.78 is 27.0. The molecule has 2 saturated heterocycles. The Kier molecular flexibility index (Phi) is 6.72. The van der Waals surface area contributed by atoms with Gasteiger partial charge in [-0.05, 0) is 49.4 Å². The average molecular weight is 485 g/mol. The van der Waals surface area contributed by atoms with Crippen LogP contribution in [0.3, 0.4) is 0 Å². The number of piperidine rings is 1. The van der Waals surface area contributed by atoms with Crippen molar-refractivity contribution < 1.29 is 22.8 Å². The summed E-state index contributed by atoms with van der Waals surface area (Å²) in [4.78, 5) is 37.9. The third-order valence-corrected chi connectivity index (χ3v) is 8.21. The van der Waals surface area contributed by atoms with E-state index in [4.69, 9.17) is 0 Å². The minimum Gasteiger partial charge on any atom is -0.318 e. The second kappa shape index (κ2) is 9.55. The third kappa shape index (κ3) is 4.69. The molecule has 2 heterocycles. The highest BCUT2D eigenvalue weighted by Crippen LogP contribution is 2.27. The lowest BCUT2D eigenvalue weighted by Gasteiger charge is -2.25. The van der Waals surface area contributed by atoms with Crippen molar-refractivity contribution in [2.45, 2.75) is 49.5 Å². The van der Waals surface area contributed by atoms with E-state index in [1.165, 1.54) is 4.31 Å². The van der Waals surface area contributed by atoms with Gasteiger partial charge in [0.2, 0.25) is 15.9 Å². The maximum absolute atomic E-state index is 12.9. The Morgan fingerprint density at radius 2 is 1.65 bits per heavy atom. The predicted molar refractivity (Wildman–Crippen MR) is 125 cm³/mol. The molecule has 4 rings (SSSR count). The Morgan fingerprint density at radius 3 is 2.29 bits per heavy atom. The maximum atomic E-state index is 12.9. The summed E-state index contributed by atoms with van der Waals surface area (Å²) in [7, 11) is -3.51. The standard InChI is InChI=1S/C24H28N4O5S/c1-24(19-8-4-2-5-9-19)22(30)28(23(31)25-24)26-21(29)15-12-18-10-13-20(14-11-18)34(32,33)27-16-6-3-7-17-27/h2,4-5,8-11,13-14H,3,6-7,12,15-17H2,1H3,(H,25,31)(H,26,29)/t24-/m1/s1. The zero-order valence-electron chi connectivity index (χ0n) is 19.0.